The molecule has 9 nitrogen and oxygen atoms in total. The lowest BCUT2D eigenvalue weighted by atomic mass is 10.0. The Hall–Kier alpha value is -3.24. The highest BCUT2D eigenvalue weighted by molar-refractivity contribution is 6.36. The van der Waals surface area contributed by atoms with E-state index in [9.17, 15) is 14.9 Å². The van der Waals surface area contributed by atoms with Gasteiger partial charge in [0, 0.05) is 33.3 Å². The van der Waals surface area contributed by atoms with Crippen LogP contribution >= 0.6 is 46.4 Å². The molecule has 36 heavy (non-hydrogen) atoms. The number of rotatable bonds is 6. The van der Waals surface area contributed by atoms with Crippen LogP contribution in [0.2, 0.25) is 20.1 Å². The summed E-state index contributed by atoms with van der Waals surface area (Å²) >= 11 is 25.0. The number of carbonyl (C=O) groups excluding carboxylic acids is 1. The van der Waals surface area contributed by atoms with E-state index in [0.717, 1.165) is 5.01 Å². The van der Waals surface area contributed by atoms with Gasteiger partial charge in [0.05, 0.1) is 46.7 Å². The molecule has 3 aromatic carbocycles. The summed E-state index contributed by atoms with van der Waals surface area (Å²) in [5, 5.41) is 21.0. The highest BCUT2D eigenvalue weighted by atomic mass is 35.5. The van der Waals surface area contributed by atoms with Gasteiger partial charge < -0.3 is 14.8 Å². The van der Waals surface area contributed by atoms with Gasteiger partial charge in [0.15, 0.2) is 6.17 Å². The van der Waals surface area contributed by atoms with E-state index in [1.807, 2.05) is 0 Å². The van der Waals surface area contributed by atoms with Crippen molar-refractivity contribution >= 4 is 69.9 Å². The largest absolute Gasteiger partial charge is 0.495 e. The normalized spacial score (nSPS) is 15.0. The third-order valence-electron chi connectivity index (χ3n) is 5.29. The van der Waals surface area contributed by atoms with E-state index in [1.165, 1.54) is 50.8 Å². The van der Waals surface area contributed by atoms with Crippen LogP contribution in [0.5, 0.6) is 11.5 Å². The van der Waals surface area contributed by atoms with Crippen LogP contribution < -0.4 is 14.8 Å². The van der Waals surface area contributed by atoms with E-state index in [0.29, 0.717) is 21.9 Å². The van der Waals surface area contributed by atoms with E-state index >= 15 is 0 Å². The molecule has 0 aliphatic carbocycles. The lowest BCUT2D eigenvalue weighted by Gasteiger charge is -2.35. The van der Waals surface area contributed by atoms with E-state index in [2.05, 4.69) is 10.4 Å². The molecule has 1 atom stereocenters. The molecular formula is C23H16Cl4N4O5. The van der Waals surface area contributed by atoms with Gasteiger partial charge in [-0.05, 0) is 30.3 Å². The smallest absolute Gasteiger partial charge is 0.278 e. The first-order valence-electron chi connectivity index (χ1n) is 10.1. The summed E-state index contributed by atoms with van der Waals surface area (Å²) in [6.07, 6.45) is 0.355. The number of carbonyl (C=O) groups is 1. The number of nitrogens with zero attached hydrogens (tertiary/aromatic N) is 3. The lowest BCUT2D eigenvalue weighted by molar-refractivity contribution is -0.384. The number of non-ortho nitro benzene ring substituents is 1. The number of hydrazone groups is 1. The molecule has 4 rings (SSSR count). The van der Waals surface area contributed by atoms with E-state index < -0.39 is 17.0 Å². The number of methoxy groups -OCH3 is 2. The van der Waals surface area contributed by atoms with Crippen molar-refractivity contribution in [1.29, 1.82) is 0 Å². The number of anilines is 1. The van der Waals surface area contributed by atoms with Gasteiger partial charge in [-0.3, -0.25) is 14.9 Å². The number of nitro groups is 1. The molecule has 1 unspecified atom stereocenters. The van der Waals surface area contributed by atoms with Crippen molar-refractivity contribution in [2.24, 2.45) is 5.10 Å². The second-order valence-electron chi connectivity index (χ2n) is 7.45. The van der Waals surface area contributed by atoms with Crippen LogP contribution in [0.1, 0.15) is 27.7 Å². The minimum absolute atomic E-state index is 0.164. The molecule has 13 heteroatoms. The highest BCUT2D eigenvalue weighted by Gasteiger charge is 2.36. The van der Waals surface area contributed by atoms with Gasteiger partial charge in [0.2, 0.25) is 0 Å². The molecule has 0 aromatic heterocycles. The number of ether oxygens (including phenoxy) is 2. The van der Waals surface area contributed by atoms with Gasteiger partial charge in [-0.25, -0.2) is 5.01 Å². The molecule has 1 amide bonds. The minimum Gasteiger partial charge on any atom is -0.495 e. The minimum atomic E-state index is -1.00. The second kappa shape index (κ2) is 10.4. The molecule has 3 aromatic rings. The fourth-order valence-corrected chi connectivity index (χ4v) is 4.92. The summed E-state index contributed by atoms with van der Waals surface area (Å²) in [6.45, 7) is 0. The first-order chi connectivity index (χ1) is 17.1. The van der Waals surface area contributed by atoms with E-state index in [-0.39, 0.29) is 37.8 Å². The Morgan fingerprint density at radius 2 is 1.64 bits per heavy atom. The zero-order valence-electron chi connectivity index (χ0n) is 18.6. The van der Waals surface area contributed by atoms with Crippen LogP contribution in [0, 0.1) is 10.1 Å². The SMILES string of the molecule is COc1c(Cl)cc(Cl)cc1C=NN1C(=O)c2ccc([N+](=O)[O-])cc2NC1c1cc(Cl)cc(Cl)c1OC. The molecule has 186 valence electrons. The van der Waals surface area contributed by atoms with Crippen molar-refractivity contribution in [3.05, 3.63) is 89.4 Å². The van der Waals surface area contributed by atoms with E-state index in [4.69, 9.17) is 55.9 Å². The maximum Gasteiger partial charge on any atom is 0.278 e. The number of hydrogen-bond donors (Lipinski definition) is 1. The third-order valence-corrected chi connectivity index (χ3v) is 6.29. The number of fused-ring (bicyclic) bond motifs is 1. The van der Waals surface area contributed by atoms with Gasteiger partial charge in [-0.1, -0.05) is 46.4 Å². The summed E-state index contributed by atoms with van der Waals surface area (Å²) in [5.74, 6) is -0.00726. The summed E-state index contributed by atoms with van der Waals surface area (Å²) < 4.78 is 10.8. The maximum atomic E-state index is 13.6. The summed E-state index contributed by atoms with van der Waals surface area (Å²) in [4.78, 5) is 24.3. The second-order valence-corrected chi connectivity index (χ2v) is 9.14. The van der Waals surface area contributed by atoms with Crippen molar-refractivity contribution in [1.82, 2.24) is 5.01 Å². The zero-order valence-corrected chi connectivity index (χ0v) is 21.6. The number of nitrogens with one attached hydrogen (secondary N) is 1. The summed E-state index contributed by atoms with van der Waals surface area (Å²) in [7, 11) is 2.85. The van der Waals surface area contributed by atoms with Crippen molar-refractivity contribution in [3.8, 4) is 11.5 Å². The molecule has 0 bridgehead atoms. The molecule has 1 aliphatic heterocycles. The Morgan fingerprint density at radius 3 is 2.28 bits per heavy atom. The number of nitro benzene ring substituents is 1. The molecule has 1 aliphatic rings. The van der Waals surface area contributed by atoms with Gasteiger partial charge in [-0.2, -0.15) is 5.10 Å². The Labute approximate surface area is 225 Å². The first-order valence-corrected chi connectivity index (χ1v) is 11.6. The van der Waals surface area contributed by atoms with Crippen LogP contribution in [0.25, 0.3) is 0 Å². The fraction of sp³-hybridized carbons (Fsp3) is 0.130. The first kappa shape index (κ1) is 25.8. The molecule has 0 saturated carbocycles. The standard InChI is InChI=1S/C23H16Cl4N4O5/c1-35-20-11(5-12(24)7-17(20)26)10-28-30-22(16-6-13(25)8-18(27)21(16)36-2)29-19-9-14(31(33)34)3-4-15(19)23(30)32/h3-10,22,29H,1-2H3. The number of benzene rings is 3. The van der Waals surface area contributed by atoms with Crippen molar-refractivity contribution < 1.29 is 19.2 Å². The van der Waals surface area contributed by atoms with Gasteiger partial charge in [0.1, 0.15) is 11.5 Å². The summed E-state index contributed by atoms with van der Waals surface area (Å²) in [5.41, 5.74) is 0.976. The predicted octanol–water partition coefficient (Wildman–Crippen LogP) is 6.83. The Morgan fingerprint density at radius 1 is 1.00 bits per heavy atom. The highest BCUT2D eigenvalue weighted by Crippen LogP contribution is 2.42. The van der Waals surface area contributed by atoms with Crippen LogP contribution in [0.4, 0.5) is 11.4 Å². The van der Waals surface area contributed by atoms with Crippen molar-refractivity contribution in [2.75, 3.05) is 19.5 Å². The summed E-state index contributed by atoms with van der Waals surface area (Å²) in [6, 6.07) is 9.97. The van der Waals surface area contributed by atoms with Crippen LogP contribution in [0.15, 0.2) is 47.6 Å². The van der Waals surface area contributed by atoms with Crippen molar-refractivity contribution in [2.45, 2.75) is 6.17 Å². The molecule has 1 N–H and O–H groups in total. The molecule has 1 heterocycles. The fourth-order valence-electron chi connectivity index (χ4n) is 3.74. The van der Waals surface area contributed by atoms with Gasteiger partial charge >= 0.3 is 0 Å². The van der Waals surface area contributed by atoms with Crippen molar-refractivity contribution in [3.63, 3.8) is 0 Å². The Bertz CT molecular complexity index is 1420. The lowest BCUT2D eigenvalue weighted by Crippen LogP contribution is -2.40. The van der Waals surface area contributed by atoms with Gasteiger partial charge in [0.25, 0.3) is 11.6 Å². The average Bonchev–Trinajstić information content (AvgIpc) is 2.82. The topological polar surface area (TPSA) is 106 Å². The molecular weight excluding hydrogens is 554 g/mol. The zero-order chi connectivity index (χ0) is 26.1. The molecule has 0 radical (unpaired) electrons. The number of halogens is 4. The average molecular weight is 570 g/mol. The van der Waals surface area contributed by atoms with Gasteiger partial charge in [-0.15, -0.1) is 0 Å². The Kier molecular flexibility index (Phi) is 7.46. The quantitative estimate of drug-likeness (QED) is 0.198. The number of hydrogen-bond acceptors (Lipinski definition) is 7. The van der Waals surface area contributed by atoms with Crippen LogP contribution in [-0.2, 0) is 0 Å². The van der Waals surface area contributed by atoms with Crippen LogP contribution in [-0.4, -0.2) is 36.3 Å². The molecule has 0 spiro atoms. The molecule has 0 fully saturated rings. The Balaban J connectivity index is 1.89. The molecule has 0 saturated heterocycles. The number of amides is 1. The third kappa shape index (κ3) is 4.87. The maximum absolute atomic E-state index is 13.6. The predicted molar refractivity (Wildman–Crippen MR) is 139 cm³/mol. The van der Waals surface area contributed by atoms with Crippen LogP contribution in [0.3, 0.4) is 0 Å². The van der Waals surface area contributed by atoms with E-state index in [1.54, 1.807) is 12.1 Å². The monoisotopic (exact) mass is 568 g/mol.